The Kier molecular flexibility index (Phi) is 5.18. The van der Waals surface area contributed by atoms with Crippen LogP contribution in [0.5, 0.6) is 0 Å². The summed E-state index contributed by atoms with van der Waals surface area (Å²) in [6.07, 6.45) is 11.9. The maximum absolute atomic E-state index is 12.6. The largest absolute Gasteiger partial charge is 0.481 e. The predicted octanol–water partition coefficient (Wildman–Crippen LogP) is 5.39. The number of ether oxygens (including phenoxy) is 1. The Morgan fingerprint density at radius 2 is 1.50 bits per heavy atom. The van der Waals surface area contributed by atoms with Crippen LogP contribution in [0, 0.1) is 16.7 Å². The lowest BCUT2D eigenvalue weighted by Gasteiger charge is -2.37. The van der Waals surface area contributed by atoms with E-state index in [0.29, 0.717) is 0 Å². The first-order valence-electron chi connectivity index (χ1n) is 12.8. The molecule has 194 valence electrons. The van der Waals surface area contributed by atoms with E-state index in [-0.39, 0.29) is 24.7 Å². The fourth-order valence-electron chi connectivity index (χ4n) is 6.25. The van der Waals surface area contributed by atoms with E-state index in [4.69, 9.17) is 14.7 Å². The Morgan fingerprint density at radius 3 is 1.95 bits per heavy atom. The fourth-order valence-corrected chi connectivity index (χ4v) is 6.25. The lowest BCUT2D eigenvalue weighted by atomic mass is 9.71. The summed E-state index contributed by atoms with van der Waals surface area (Å²) >= 11 is 0. The van der Waals surface area contributed by atoms with Gasteiger partial charge in [-0.3, -0.25) is 19.6 Å². The third-order valence-electron chi connectivity index (χ3n) is 7.93. The number of fused-ring (bicyclic) bond motifs is 8. The molecule has 0 radical (unpaired) electrons. The zero-order valence-corrected chi connectivity index (χ0v) is 21.8. The molecule has 1 spiro atoms. The second-order valence-electron chi connectivity index (χ2n) is 11.7. The molecule has 6 heterocycles. The quantitative estimate of drug-likeness (QED) is 0.479. The molecule has 0 atom stereocenters. The summed E-state index contributed by atoms with van der Waals surface area (Å²) in [7, 11) is 0. The van der Waals surface area contributed by atoms with Gasteiger partial charge in [-0.05, 0) is 66.1 Å². The topological polar surface area (TPSA) is 120 Å². The predicted molar refractivity (Wildman–Crippen MR) is 145 cm³/mol. The second-order valence-corrected chi connectivity index (χ2v) is 11.7. The Morgan fingerprint density at radius 1 is 0.974 bits per heavy atom. The number of aliphatic imine (C=N–C) groups is 2. The van der Waals surface area contributed by atoms with Crippen molar-refractivity contribution in [3.8, 4) is 0 Å². The van der Waals surface area contributed by atoms with Crippen molar-refractivity contribution in [2.45, 2.75) is 46.1 Å². The van der Waals surface area contributed by atoms with Gasteiger partial charge in [0.15, 0.2) is 5.60 Å². The number of nitrogens with one attached hydrogen (secondary N) is 2. The SMILES string of the molecule is CC(C)(CC(=O)O)C1C2=N/C(=C\c3ccc([nH]3)C3(OC(=O)CC3(C)C)c3ccc([nH]3)/C=C3/C=CC1=N3)C=C2. The van der Waals surface area contributed by atoms with E-state index in [1.165, 1.54) is 0 Å². The second kappa shape index (κ2) is 8.15. The monoisotopic (exact) mass is 510 g/mol. The molecule has 0 aromatic carbocycles. The minimum Gasteiger partial charge on any atom is -0.481 e. The van der Waals surface area contributed by atoms with E-state index in [1.807, 2.05) is 88.4 Å². The number of carboxylic acids is 1. The number of allylic oxidation sites excluding steroid dienone is 4. The Labute approximate surface area is 220 Å². The summed E-state index contributed by atoms with van der Waals surface area (Å²) in [5.74, 6) is -1.42. The van der Waals surface area contributed by atoms with E-state index >= 15 is 0 Å². The van der Waals surface area contributed by atoms with Crippen molar-refractivity contribution < 1.29 is 19.4 Å². The molecule has 1 fully saturated rings. The van der Waals surface area contributed by atoms with Gasteiger partial charge in [0.05, 0.1) is 47.0 Å². The molecule has 4 aliphatic heterocycles. The highest BCUT2D eigenvalue weighted by Gasteiger charge is 2.59. The number of hydrogen-bond donors (Lipinski definition) is 3. The first-order chi connectivity index (χ1) is 18.0. The first kappa shape index (κ1) is 24.2. The molecular formula is C30H30N4O4. The Hall–Kier alpha value is -4.20. The van der Waals surface area contributed by atoms with Crippen molar-refractivity contribution in [2.24, 2.45) is 26.7 Å². The van der Waals surface area contributed by atoms with Gasteiger partial charge in [-0.25, -0.2) is 0 Å². The number of carbonyl (C=O) groups excluding carboxylic acids is 1. The van der Waals surface area contributed by atoms with Crippen LogP contribution < -0.4 is 0 Å². The number of aromatic amines is 2. The third kappa shape index (κ3) is 3.74. The summed E-state index contributed by atoms with van der Waals surface area (Å²) in [5, 5.41) is 9.62. The molecule has 8 nitrogen and oxygen atoms in total. The number of aromatic nitrogens is 2. The van der Waals surface area contributed by atoms with Crippen LogP contribution in [-0.4, -0.2) is 38.4 Å². The molecule has 2 aromatic heterocycles. The Bertz CT molecular complexity index is 1470. The number of hydrogen-bond acceptors (Lipinski definition) is 5. The third-order valence-corrected chi connectivity index (χ3v) is 7.93. The number of carbonyl (C=O) groups is 2. The maximum atomic E-state index is 12.6. The van der Waals surface area contributed by atoms with Gasteiger partial charge in [0.1, 0.15) is 0 Å². The molecule has 0 aliphatic carbocycles. The summed E-state index contributed by atoms with van der Waals surface area (Å²) in [4.78, 5) is 41.1. The summed E-state index contributed by atoms with van der Waals surface area (Å²) in [5.41, 5.74) is 4.08. The van der Waals surface area contributed by atoms with Crippen LogP contribution in [0.25, 0.3) is 12.2 Å². The number of aliphatic carboxylic acids is 1. The molecule has 6 rings (SSSR count). The number of rotatable bonds is 3. The maximum Gasteiger partial charge on any atom is 0.307 e. The standard InChI is InChI=1S/C30H30N4O4/c1-28(2,15-25(35)36)27-21-9-5-17(31-21)13-19-7-11-23(33-19)30(29(3,4)16-26(37)38-30)24-12-8-20(34-24)14-18-6-10-22(27)32-18/h5-14,27,33-34H,15-16H2,1-4H3,(H,35,36)/b17-13-,18-14-. The molecule has 0 amide bonds. The van der Waals surface area contributed by atoms with Gasteiger partial charge in [0.25, 0.3) is 0 Å². The molecule has 0 saturated carbocycles. The van der Waals surface area contributed by atoms with Gasteiger partial charge in [0, 0.05) is 22.7 Å². The number of esters is 1. The Balaban J connectivity index is 1.55. The van der Waals surface area contributed by atoms with E-state index in [0.717, 1.165) is 45.6 Å². The van der Waals surface area contributed by atoms with Crippen LogP contribution in [0.1, 0.15) is 63.3 Å². The van der Waals surface area contributed by atoms with E-state index in [2.05, 4.69) is 9.97 Å². The molecule has 1 saturated heterocycles. The smallest absolute Gasteiger partial charge is 0.307 e. The highest BCUT2D eigenvalue weighted by atomic mass is 16.6. The molecular weight excluding hydrogens is 480 g/mol. The van der Waals surface area contributed by atoms with Crippen molar-refractivity contribution in [1.29, 1.82) is 0 Å². The molecule has 3 N–H and O–H groups in total. The van der Waals surface area contributed by atoms with Crippen LogP contribution in [0.15, 0.2) is 69.9 Å². The van der Waals surface area contributed by atoms with E-state index < -0.39 is 22.4 Å². The molecule has 0 unspecified atom stereocenters. The van der Waals surface area contributed by atoms with Crippen LogP contribution in [-0.2, 0) is 19.9 Å². The lowest BCUT2D eigenvalue weighted by molar-refractivity contribution is -0.148. The van der Waals surface area contributed by atoms with Gasteiger partial charge in [-0.1, -0.05) is 27.7 Å². The normalized spacial score (nSPS) is 28.0. The average Bonchev–Trinajstić information content (AvgIpc) is 3.60. The molecule has 8 heteroatoms. The average molecular weight is 511 g/mol. The highest BCUT2D eigenvalue weighted by Crippen LogP contribution is 2.54. The zero-order valence-electron chi connectivity index (χ0n) is 21.8. The van der Waals surface area contributed by atoms with Gasteiger partial charge in [-0.15, -0.1) is 0 Å². The fraction of sp³-hybridized carbons (Fsp3) is 0.333. The van der Waals surface area contributed by atoms with Crippen LogP contribution in [0.4, 0.5) is 0 Å². The first-order valence-corrected chi connectivity index (χ1v) is 12.8. The number of carboxylic acid groups (broad SMARTS) is 1. The van der Waals surface area contributed by atoms with Crippen molar-refractivity contribution in [3.05, 3.63) is 82.7 Å². The summed E-state index contributed by atoms with van der Waals surface area (Å²) in [6, 6.07) is 7.83. The van der Waals surface area contributed by atoms with Gasteiger partial charge >= 0.3 is 11.9 Å². The lowest BCUT2D eigenvalue weighted by Crippen LogP contribution is -2.40. The van der Waals surface area contributed by atoms with E-state index in [9.17, 15) is 14.7 Å². The van der Waals surface area contributed by atoms with Crippen LogP contribution >= 0.6 is 0 Å². The van der Waals surface area contributed by atoms with Crippen molar-refractivity contribution in [2.75, 3.05) is 0 Å². The summed E-state index contributed by atoms with van der Waals surface area (Å²) < 4.78 is 6.14. The zero-order chi connectivity index (χ0) is 26.9. The van der Waals surface area contributed by atoms with Crippen molar-refractivity contribution in [1.82, 2.24) is 9.97 Å². The highest BCUT2D eigenvalue weighted by molar-refractivity contribution is 6.19. The van der Waals surface area contributed by atoms with Crippen LogP contribution in [0.3, 0.4) is 0 Å². The van der Waals surface area contributed by atoms with Crippen molar-refractivity contribution in [3.63, 3.8) is 0 Å². The minimum absolute atomic E-state index is 0.0218. The molecule has 4 aliphatic rings. The minimum atomic E-state index is -1.01. The number of H-pyrrole nitrogens is 2. The number of nitrogens with zero attached hydrogens (tertiary/aromatic N) is 2. The van der Waals surface area contributed by atoms with E-state index in [1.54, 1.807) is 0 Å². The molecule has 38 heavy (non-hydrogen) atoms. The van der Waals surface area contributed by atoms with Crippen molar-refractivity contribution >= 4 is 35.5 Å². The molecule has 8 bridgehead atoms. The van der Waals surface area contributed by atoms with Gasteiger partial charge in [-0.2, -0.15) is 0 Å². The van der Waals surface area contributed by atoms with Gasteiger partial charge < -0.3 is 19.8 Å². The van der Waals surface area contributed by atoms with Crippen LogP contribution in [0.2, 0.25) is 0 Å². The van der Waals surface area contributed by atoms with Gasteiger partial charge in [0.2, 0.25) is 0 Å². The molecule has 2 aromatic rings. The summed E-state index contributed by atoms with van der Waals surface area (Å²) in [6.45, 7) is 7.97.